The van der Waals surface area contributed by atoms with Gasteiger partial charge in [-0.25, -0.2) is 0 Å². The molecule has 0 spiro atoms. The minimum Gasteiger partial charge on any atom is -0.322 e. The summed E-state index contributed by atoms with van der Waals surface area (Å²) in [4.78, 5) is 25.2. The lowest BCUT2D eigenvalue weighted by Gasteiger charge is -2.12. The Kier molecular flexibility index (Phi) is 5.89. The summed E-state index contributed by atoms with van der Waals surface area (Å²) in [6, 6.07) is 21.3. The largest absolute Gasteiger partial charge is 0.322 e. The van der Waals surface area contributed by atoms with Crippen LogP contribution in [-0.4, -0.2) is 11.8 Å². The fourth-order valence-electron chi connectivity index (χ4n) is 2.65. The Morgan fingerprint density at radius 2 is 1.37 bits per heavy atom. The van der Waals surface area contributed by atoms with Crippen LogP contribution in [0.1, 0.15) is 33.2 Å². The SMILES string of the molecule is CCc1ccc(NC(=O)c2ccccc2NC(=O)c2ccccc2Cl)cc1. The van der Waals surface area contributed by atoms with E-state index in [9.17, 15) is 9.59 Å². The van der Waals surface area contributed by atoms with Gasteiger partial charge in [0.15, 0.2) is 0 Å². The molecule has 0 fully saturated rings. The van der Waals surface area contributed by atoms with Crippen LogP contribution in [0, 0.1) is 0 Å². The summed E-state index contributed by atoms with van der Waals surface area (Å²) in [5.41, 5.74) is 3.04. The van der Waals surface area contributed by atoms with Gasteiger partial charge in [0.2, 0.25) is 0 Å². The van der Waals surface area contributed by atoms with Crippen LogP contribution in [0.15, 0.2) is 72.8 Å². The van der Waals surface area contributed by atoms with Crippen LogP contribution < -0.4 is 10.6 Å². The smallest absolute Gasteiger partial charge is 0.257 e. The van der Waals surface area contributed by atoms with Crippen LogP contribution in [0.3, 0.4) is 0 Å². The number of amides is 2. The number of hydrogen-bond acceptors (Lipinski definition) is 2. The van der Waals surface area contributed by atoms with Gasteiger partial charge in [-0.2, -0.15) is 0 Å². The topological polar surface area (TPSA) is 58.2 Å². The van der Waals surface area contributed by atoms with Crippen LogP contribution in [-0.2, 0) is 6.42 Å². The molecule has 0 unspecified atom stereocenters. The van der Waals surface area contributed by atoms with Gasteiger partial charge in [-0.1, -0.05) is 54.9 Å². The van der Waals surface area contributed by atoms with E-state index in [4.69, 9.17) is 11.6 Å². The quantitative estimate of drug-likeness (QED) is 0.623. The first-order valence-corrected chi connectivity index (χ1v) is 9.01. The molecule has 0 heterocycles. The maximum absolute atomic E-state index is 12.7. The van der Waals surface area contributed by atoms with Gasteiger partial charge in [0.25, 0.3) is 11.8 Å². The van der Waals surface area contributed by atoms with Crippen LogP contribution in [0.2, 0.25) is 5.02 Å². The predicted molar refractivity (Wildman–Crippen MR) is 110 cm³/mol. The van der Waals surface area contributed by atoms with Crippen molar-refractivity contribution in [3.05, 3.63) is 94.5 Å². The molecule has 2 N–H and O–H groups in total. The lowest BCUT2D eigenvalue weighted by atomic mass is 10.1. The number of rotatable bonds is 5. The number of hydrogen-bond donors (Lipinski definition) is 2. The van der Waals surface area contributed by atoms with Crippen molar-refractivity contribution < 1.29 is 9.59 Å². The lowest BCUT2D eigenvalue weighted by Crippen LogP contribution is -2.18. The average molecular weight is 379 g/mol. The Bertz CT molecular complexity index is 968. The van der Waals surface area contributed by atoms with Gasteiger partial charge < -0.3 is 10.6 Å². The van der Waals surface area contributed by atoms with E-state index in [-0.39, 0.29) is 11.8 Å². The molecule has 0 radical (unpaired) electrons. The average Bonchev–Trinajstić information content (AvgIpc) is 2.69. The van der Waals surface area contributed by atoms with Gasteiger partial charge in [-0.05, 0) is 48.4 Å². The fraction of sp³-hybridized carbons (Fsp3) is 0.0909. The highest BCUT2D eigenvalue weighted by atomic mass is 35.5. The monoisotopic (exact) mass is 378 g/mol. The highest BCUT2D eigenvalue weighted by Gasteiger charge is 2.15. The molecule has 27 heavy (non-hydrogen) atoms. The van der Waals surface area contributed by atoms with Crippen molar-refractivity contribution in [3.8, 4) is 0 Å². The summed E-state index contributed by atoms with van der Waals surface area (Å²) in [7, 11) is 0. The number of halogens is 1. The van der Waals surface area contributed by atoms with Crippen LogP contribution >= 0.6 is 11.6 Å². The molecular weight excluding hydrogens is 360 g/mol. The van der Waals surface area contributed by atoms with E-state index in [2.05, 4.69) is 17.6 Å². The third kappa shape index (κ3) is 4.54. The first-order valence-electron chi connectivity index (χ1n) is 8.63. The molecule has 0 atom stereocenters. The predicted octanol–water partition coefficient (Wildman–Crippen LogP) is 5.41. The van der Waals surface area contributed by atoms with Crippen LogP contribution in [0.25, 0.3) is 0 Å². The second-order valence-electron chi connectivity index (χ2n) is 5.98. The van der Waals surface area contributed by atoms with Crippen molar-refractivity contribution in [2.75, 3.05) is 10.6 Å². The Morgan fingerprint density at radius 1 is 0.778 bits per heavy atom. The molecule has 3 rings (SSSR count). The van der Waals surface area contributed by atoms with Crippen molar-refractivity contribution in [1.82, 2.24) is 0 Å². The molecule has 3 aromatic rings. The van der Waals surface area contributed by atoms with E-state index >= 15 is 0 Å². The second-order valence-corrected chi connectivity index (χ2v) is 6.39. The molecule has 0 bridgehead atoms. The molecule has 2 amide bonds. The van der Waals surface area contributed by atoms with E-state index in [1.54, 1.807) is 48.5 Å². The summed E-state index contributed by atoms with van der Waals surface area (Å²) < 4.78 is 0. The molecule has 0 saturated heterocycles. The zero-order valence-electron chi connectivity index (χ0n) is 14.8. The van der Waals surface area contributed by atoms with Gasteiger partial charge in [-0.3, -0.25) is 9.59 Å². The zero-order chi connectivity index (χ0) is 19.2. The second kappa shape index (κ2) is 8.52. The van der Waals surface area contributed by atoms with Crippen molar-refractivity contribution in [2.45, 2.75) is 13.3 Å². The lowest BCUT2D eigenvalue weighted by molar-refractivity contribution is 0.102. The molecule has 4 nitrogen and oxygen atoms in total. The van der Waals surface area contributed by atoms with Gasteiger partial charge in [-0.15, -0.1) is 0 Å². The van der Waals surface area contributed by atoms with Gasteiger partial charge in [0.05, 0.1) is 21.8 Å². The minimum atomic E-state index is -0.367. The third-order valence-corrected chi connectivity index (χ3v) is 4.49. The molecule has 0 aliphatic heterocycles. The van der Waals surface area contributed by atoms with Crippen LogP contribution in [0.4, 0.5) is 11.4 Å². The third-order valence-electron chi connectivity index (χ3n) is 4.16. The van der Waals surface area contributed by atoms with Crippen molar-refractivity contribution in [3.63, 3.8) is 0 Å². The van der Waals surface area contributed by atoms with Crippen LogP contribution in [0.5, 0.6) is 0 Å². The zero-order valence-corrected chi connectivity index (χ0v) is 15.6. The Labute approximate surface area is 163 Å². The summed E-state index contributed by atoms with van der Waals surface area (Å²) in [6.07, 6.45) is 0.936. The number of benzene rings is 3. The van der Waals surface area contributed by atoms with Gasteiger partial charge in [0.1, 0.15) is 0 Å². The summed E-state index contributed by atoms with van der Waals surface area (Å²) in [5.74, 6) is -0.664. The first kappa shape index (κ1) is 18.7. The Hall–Kier alpha value is -3.11. The summed E-state index contributed by atoms with van der Waals surface area (Å²) in [6.45, 7) is 2.07. The van der Waals surface area contributed by atoms with Gasteiger partial charge in [0, 0.05) is 5.69 Å². The maximum Gasteiger partial charge on any atom is 0.257 e. The van der Waals surface area contributed by atoms with Gasteiger partial charge >= 0.3 is 0 Å². The summed E-state index contributed by atoms with van der Waals surface area (Å²) in [5, 5.41) is 5.98. The molecule has 136 valence electrons. The van der Waals surface area contributed by atoms with E-state index in [1.165, 1.54) is 5.56 Å². The highest BCUT2D eigenvalue weighted by Crippen LogP contribution is 2.21. The van der Waals surface area contributed by atoms with Crippen molar-refractivity contribution >= 4 is 34.8 Å². The Morgan fingerprint density at radius 3 is 2.04 bits per heavy atom. The number of carbonyl (C=O) groups excluding carboxylic acids is 2. The fourth-order valence-corrected chi connectivity index (χ4v) is 2.87. The molecule has 0 aliphatic carbocycles. The summed E-state index contributed by atoms with van der Waals surface area (Å²) >= 11 is 6.08. The van der Waals surface area contributed by atoms with E-state index in [0.29, 0.717) is 27.5 Å². The normalized spacial score (nSPS) is 10.3. The molecule has 5 heteroatoms. The van der Waals surface area contributed by atoms with E-state index in [1.807, 2.05) is 24.3 Å². The number of aryl methyl sites for hydroxylation is 1. The van der Waals surface area contributed by atoms with E-state index in [0.717, 1.165) is 6.42 Å². The van der Waals surface area contributed by atoms with E-state index < -0.39 is 0 Å². The maximum atomic E-state index is 12.7. The highest BCUT2D eigenvalue weighted by molar-refractivity contribution is 6.34. The molecule has 0 aliphatic rings. The standard InChI is InChI=1S/C22H19ClN2O2/c1-2-15-11-13-16(14-12-15)24-22(27)18-8-4-6-10-20(18)25-21(26)17-7-3-5-9-19(17)23/h3-14H,2H2,1H3,(H,24,27)(H,25,26). The Balaban J connectivity index is 1.79. The van der Waals surface area contributed by atoms with Crippen molar-refractivity contribution in [2.24, 2.45) is 0 Å². The number of para-hydroxylation sites is 1. The number of anilines is 2. The molecule has 0 aromatic heterocycles. The molecule has 3 aromatic carbocycles. The molecular formula is C22H19ClN2O2. The molecule has 0 saturated carbocycles. The minimum absolute atomic E-state index is 0.297. The van der Waals surface area contributed by atoms with Crippen molar-refractivity contribution in [1.29, 1.82) is 0 Å². The number of carbonyl (C=O) groups is 2. The number of nitrogens with one attached hydrogen (secondary N) is 2. The first-order chi connectivity index (χ1) is 13.1.